The van der Waals surface area contributed by atoms with Crippen LogP contribution in [-0.2, 0) is 14.8 Å². The van der Waals surface area contributed by atoms with Gasteiger partial charge >= 0.3 is 0 Å². The van der Waals surface area contributed by atoms with E-state index in [4.69, 9.17) is 4.74 Å². The van der Waals surface area contributed by atoms with E-state index in [9.17, 15) is 13.2 Å². The first-order chi connectivity index (χ1) is 10.5. The second-order valence-electron chi connectivity index (χ2n) is 6.10. The minimum absolute atomic E-state index is 0.0302. The maximum atomic E-state index is 12.2. The third kappa shape index (κ3) is 5.71. The molecular formula is C15H24N2O4S2. The number of sulfonamides is 1. The van der Waals surface area contributed by atoms with Crippen LogP contribution in [0.15, 0.2) is 23.1 Å². The quantitative estimate of drug-likeness (QED) is 0.843. The summed E-state index contributed by atoms with van der Waals surface area (Å²) in [6.45, 7) is 6.07. The molecule has 23 heavy (non-hydrogen) atoms. The maximum Gasteiger partial charge on any atom is 0.242 e. The first-order valence-corrected chi connectivity index (χ1v) is 9.44. The van der Waals surface area contributed by atoms with Crippen LogP contribution in [0.2, 0.25) is 0 Å². The Morgan fingerprint density at radius 2 is 1.91 bits per heavy atom. The molecule has 0 aromatic heterocycles. The number of carbonyl (C=O) groups is 1. The number of nitrogens with one attached hydrogen (secondary N) is 1. The van der Waals surface area contributed by atoms with Crippen LogP contribution in [0.1, 0.15) is 20.8 Å². The van der Waals surface area contributed by atoms with Gasteiger partial charge in [0.25, 0.3) is 0 Å². The van der Waals surface area contributed by atoms with Gasteiger partial charge in [0.15, 0.2) is 0 Å². The van der Waals surface area contributed by atoms with E-state index in [2.05, 4.69) is 5.32 Å². The molecule has 0 radical (unpaired) electrons. The first kappa shape index (κ1) is 19.8. The molecule has 1 amide bonds. The van der Waals surface area contributed by atoms with Gasteiger partial charge in [-0.15, -0.1) is 11.8 Å². The van der Waals surface area contributed by atoms with Gasteiger partial charge in [-0.2, -0.15) is 0 Å². The number of thioether (sulfide) groups is 1. The minimum Gasteiger partial charge on any atom is -0.495 e. The highest BCUT2D eigenvalue weighted by Gasteiger charge is 2.20. The lowest BCUT2D eigenvalue weighted by Gasteiger charge is -2.18. The third-order valence-electron chi connectivity index (χ3n) is 2.86. The van der Waals surface area contributed by atoms with Gasteiger partial charge in [0.1, 0.15) is 5.75 Å². The van der Waals surface area contributed by atoms with E-state index in [1.54, 1.807) is 0 Å². The average Bonchev–Trinajstić information content (AvgIpc) is 2.44. The van der Waals surface area contributed by atoms with Crippen molar-refractivity contribution in [3.63, 3.8) is 0 Å². The number of rotatable bonds is 6. The summed E-state index contributed by atoms with van der Waals surface area (Å²) >= 11 is 1.51. The molecule has 0 aliphatic heterocycles. The number of ether oxygens (including phenoxy) is 1. The van der Waals surface area contributed by atoms with Gasteiger partial charge in [0, 0.05) is 18.8 Å². The van der Waals surface area contributed by atoms with Gasteiger partial charge in [0.2, 0.25) is 15.9 Å². The lowest BCUT2D eigenvalue weighted by molar-refractivity contribution is -0.113. The smallest absolute Gasteiger partial charge is 0.242 e. The molecular weight excluding hydrogens is 336 g/mol. The Bertz CT molecular complexity index is 665. The van der Waals surface area contributed by atoms with Crippen LogP contribution < -0.4 is 10.1 Å². The lowest BCUT2D eigenvalue weighted by atomic mass is 10.3. The fraction of sp³-hybridized carbons (Fsp3) is 0.533. The molecule has 0 aliphatic rings. The van der Waals surface area contributed by atoms with Crippen molar-refractivity contribution in [1.29, 1.82) is 0 Å². The molecule has 1 rings (SSSR count). The minimum atomic E-state index is -3.57. The zero-order valence-electron chi connectivity index (χ0n) is 14.3. The number of methoxy groups -OCH3 is 1. The zero-order chi connectivity index (χ0) is 17.8. The van der Waals surface area contributed by atoms with Gasteiger partial charge < -0.3 is 10.1 Å². The Morgan fingerprint density at radius 3 is 2.39 bits per heavy atom. The summed E-state index contributed by atoms with van der Waals surface area (Å²) in [5.41, 5.74) is 0.343. The molecule has 0 aliphatic carbocycles. The average molecular weight is 361 g/mol. The van der Waals surface area contributed by atoms with Crippen molar-refractivity contribution in [1.82, 2.24) is 4.31 Å². The second kappa shape index (κ2) is 7.55. The Kier molecular flexibility index (Phi) is 6.49. The number of hydrogen-bond donors (Lipinski definition) is 1. The van der Waals surface area contributed by atoms with E-state index >= 15 is 0 Å². The van der Waals surface area contributed by atoms with E-state index in [-0.39, 0.29) is 21.3 Å². The first-order valence-electron chi connectivity index (χ1n) is 7.02. The summed E-state index contributed by atoms with van der Waals surface area (Å²) in [5, 5.41) is 2.72. The molecule has 130 valence electrons. The number of nitrogens with zero attached hydrogens (tertiary/aromatic N) is 1. The van der Waals surface area contributed by atoms with Crippen LogP contribution in [0.4, 0.5) is 5.69 Å². The molecule has 1 aromatic carbocycles. The van der Waals surface area contributed by atoms with Gasteiger partial charge in [0.05, 0.1) is 23.4 Å². The summed E-state index contributed by atoms with van der Waals surface area (Å²) in [4.78, 5) is 12.2. The van der Waals surface area contributed by atoms with Crippen molar-refractivity contribution in [2.24, 2.45) is 0 Å². The Balaban J connectivity index is 3.03. The molecule has 0 unspecified atom stereocenters. The summed E-state index contributed by atoms with van der Waals surface area (Å²) in [5.74, 6) is 0.483. The van der Waals surface area contributed by atoms with Crippen molar-refractivity contribution >= 4 is 33.4 Å². The monoisotopic (exact) mass is 360 g/mol. The molecule has 0 saturated carbocycles. The number of carbonyl (C=O) groups excluding carboxylic acids is 1. The molecule has 0 atom stereocenters. The fourth-order valence-corrected chi connectivity index (χ4v) is 3.19. The van der Waals surface area contributed by atoms with Crippen LogP contribution in [0.5, 0.6) is 5.75 Å². The molecule has 0 heterocycles. The van der Waals surface area contributed by atoms with Gasteiger partial charge in [-0.25, -0.2) is 12.7 Å². The van der Waals surface area contributed by atoms with E-state index in [0.29, 0.717) is 11.4 Å². The fourth-order valence-electron chi connectivity index (χ4n) is 1.62. The predicted octanol–water partition coefficient (Wildman–Crippen LogP) is 2.42. The van der Waals surface area contributed by atoms with E-state index in [0.717, 1.165) is 4.31 Å². The Hall–Kier alpha value is -1.25. The highest BCUT2D eigenvalue weighted by molar-refractivity contribution is 8.01. The van der Waals surface area contributed by atoms with Gasteiger partial charge in [-0.1, -0.05) is 20.8 Å². The van der Waals surface area contributed by atoms with Crippen LogP contribution in [-0.4, -0.2) is 50.3 Å². The molecule has 6 nitrogen and oxygen atoms in total. The van der Waals surface area contributed by atoms with Crippen molar-refractivity contribution < 1.29 is 17.9 Å². The molecule has 0 spiro atoms. The molecule has 0 bridgehead atoms. The predicted molar refractivity (Wildman–Crippen MR) is 94.7 cm³/mol. The van der Waals surface area contributed by atoms with Crippen molar-refractivity contribution in [3.8, 4) is 5.75 Å². The highest BCUT2D eigenvalue weighted by Crippen LogP contribution is 2.29. The number of benzene rings is 1. The van der Waals surface area contributed by atoms with Crippen molar-refractivity contribution in [2.75, 3.05) is 32.3 Å². The molecule has 0 fully saturated rings. The van der Waals surface area contributed by atoms with Crippen LogP contribution in [0.3, 0.4) is 0 Å². The standard InChI is InChI=1S/C15H24N2O4S2/c1-15(2,3)22-10-14(18)16-12-9-11(7-8-13(12)21-6)23(19,20)17(4)5/h7-9H,10H2,1-6H3,(H,16,18). The van der Waals surface area contributed by atoms with Crippen LogP contribution in [0.25, 0.3) is 0 Å². The van der Waals surface area contributed by atoms with Crippen molar-refractivity contribution in [3.05, 3.63) is 18.2 Å². The molecule has 8 heteroatoms. The maximum absolute atomic E-state index is 12.2. The van der Waals surface area contributed by atoms with Crippen LogP contribution >= 0.6 is 11.8 Å². The molecule has 0 saturated heterocycles. The molecule has 1 N–H and O–H groups in total. The number of hydrogen-bond acceptors (Lipinski definition) is 5. The summed E-state index contributed by atoms with van der Waals surface area (Å²) in [6.07, 6.45) is 0. The van der Waals surface area contributed by atoms with E-state index in [1.807, 2.05) is 20.8 Å². The SMILES string of the molecule is COc1ccc(S(=O)(=O)N(C)C)cc1NC(=O)CSC(C)(C)C. The number of amides is 1. The van der Waals surface area contributed by atoms with Crippen LogP contribution in [0, 0.1) is 0 Å². The van der Waals surface area contributed by atoms with E-state index < -0.39 is 10.0 Å². The van der Waals surface area contributed by atoms with Gasteiger partial charge in [-0.3, -0.25) is 4.79 Å². The van der Waals surface area contributed by atoms with Gasteiger partial charge in [-0.05, 0) is 18.2 Å². The number of anilines is 1. The van der Waals surface area contributed by atoms with E-state index in [1.165, 1.54) is 51.2 Å². The largest absolute Gasteiger partial charge is 0.495 e. The highest BCUT2D eigenvalue weighted by atomic mass is 32.2. The summed E-state index contributed by atoms with van der Waals surface area (Å²) in [6, 6.07) is 4.39. The Labute approximate surface area is 142 Å². The zero-order valence-corrected chi connectivity index (χ0v) is 16.0. The normalized spacial score (nSPS) is 12.3. The topological polar surface area (TPSA) is 75.7 Å². The lowest BCUT2D eigenvalue weighted by Crippen LogP contribution is -2.23. The van der Waals surface area contributed by atoms with Crippen molar-refractivity contribution in [2.45, 2.75) is 30.4 Å². The Morgan fingerprint density at radius 1 is 1.30 bits per heavy atom. The summed E-state index contributed by atoms with van der Waals surface area (Å²) < 4.78 is 30.7. The molecule has 1 aromatic rings. The summed E-state index contributed by atoms with van der Waals surface area (Å²) in [7, 11) is 0.805. The third-order valence-corrected chi connectivity index (χ3v) is 5.94. The second-order valence-corrected chi connectivity index (χ2v) is 10.1.